The van der Waals surface area contributed by atoms with E-state index in [0.717, 1.165) is 60.1 Å². The van der Waals surface area contributed by atoms with E-state index in [1.54, 1.807) is 13.2 Å². The van der Waals surface area contributed by atoms with Crippen LogP contribution in [0.2, 0.25) is 0 Å². The molecule has 1 aromatic carbocycles. The molecule has 0 bridgehead atoms. The summed E-state index contributed by atoms with van der Waals surface area (Å²) in [6.45, 7) is 13.4. The summed E-state index contributed by atoms with van der Waals surface area (Å²) in [5.74, 6) is 0.580. The van der Waals surface area contributed by atoms with Crippen molar-refractivity contribution in [1.82, 2.24) is 5.32 Å². The summed E-state index contributed by atoms with van der Waals surface area (Å²) in [4.78, 5) is 9.26. The zero-order valence-electron chi connectivity index (χ0n) is 23.5. The van der Waals surface area contributed by atoms with E-state index < -0.39 is 0 Å². The molecule has 1 saturated carbocycles. The normalized spacial score (nSPS) is 21.4. The number of hydrogen-bond donors (Lipinski definition) is 2. The van der Waals surface area contributed by atoms with Gasteiger partial charge in [0.15, 0.2) is 0 Å². The van der Waals surface area contributed by atoms with Gasteiger partial charge in [-0.3, -0.25) is 9.98 Å². The molecule has 0 unspecified atom stereocenters. The summed E-state index contributed by atoms with van der Waals surface area (Å²) in [5, 5.41) is 13.7. The van der Waals surface area contributed by atoms with E-state index in [2.05, 4.69) is 56.7 Å². The molecule has 0 spiro atoms. The molecular weight excluding hydrogens is 454 g/mol. The Morgan fingerprint density at radius 2 is 1.81 bits per heavy atom. The lowest BCUT2D eigenvalue weighted by Gasteiger charge is -2.46. The highest BCUT2D eigenvalue weighted by molar-refractivity contribution is 6.12. The average molecular weight is 500 g/mol. The minimum absolute atomic E-state index is 0.119. The van der Waals surface area contributed by atoms with Gasteiger partial charge >= 0.3 is 0 Å². The number of piperidine rings is 1. The molecule has 0 amide bonds. The first kappa shape index (κ1) is 28.6. The maximum Gasteiger partial charge on any atom is 0.0998 e. The van der Waals surface area contributed by atoms with Gasteiger partial charge in [0.2, 0.25) is 0 Å². The zero-order chi connectivity index (χ0) is 27.1. The SMILES string of the molecule is C=C(/C=C\C(=NC)c1ccc(C(C=NC2CCCCC2)=CN)cc1C#N)CC1CC(C)(C)NC(C)(C)C1. The quantitative estimate of drug-likeness (QED) is 0.307. The van der Waals surface area contributed by atoms with Crippen molar-refractivity contribution in [3.8, 4) is 6.07 Å². The van der Waals surface area contributed by atoms with Crippen molar-refractivity contribution in [2.24, 2.45) is 21.6 Å². The Morgan fingerprint density at radius 3 is 2.41 bits per heavy atom. The average Bonchev–Trinajstić information content (AvgIpc) is 2.83. The van der Waals surface area contributed by atoms with Crippen molar-refractivity contribution in [2.75, 3.05) is 7.05 Å². The first-order chi connectivity index (χ1) is 17.6. The van der Waals surface area contributed by atoms with E-state index in [9.17, 15) is 5.26 Å². The molecule has 198 valence electrons. The lowest BCUT2D eigenvalue weighted by atomic mass is 9.74. The third-order valence-corrected chi connectivity index (χ3v) is 7.47. The number of nitrogens with zero attached hydrogens (tertiary/aromatic N) is 3. The number of nitrogens with one attached hydrogen (secondary N) is 1. The van der Waals surface area contributed by atoms with Crippen LogP contribution in [-0.4, -0.2) is 36.1 Å². The Labute approximate surface area is 224 Å². The topological polar surface area (TPSA) is 86.6 Å². The maximum atomic E-state index is 9.93. The first-order valence-corrected chi connectivity index (χ1v) is 13.7. The zero-order valence-corrected chi connectivity index (χ0v) is 23.5. The molecule has 1 heterocycles. The van der Waals surface area contributed by atoms with Crippen LogP contribution in [0.1, 0.15) is 95.8 Å². The van der Waals surface area contributed by atoms with Gasteiger partial charge in [-0.15, -0.1) is 0 Å². The van der Waals surface area contributed by atoms with Crippen LogP contribution in [0, 0.1) is 17.2 Å². The van der Waals surface area contributed by atoms with Crippen LogP contribution >= 0.6 is 0 Å². The molecule has 1 aromatic rings. The fourth-order valence-electron chi connectivity index (χ4n) is 6.27. The molecule has 1 aliphatic carbocycles. The number of nitrogens with two attached hydrogens (primary N) is 1. The summed E-state index contributed by atoms with van der Waals surface area (Å²) >= 11 is 0. The van der Waals surface area contributed by atoms with Gasteiger partial charge in [0, 0.05) is 47.7 Å². The number of nitriles is 1. The third-order valence-electron chi connectivity index (χ3n) is 7.47. The van der Waals surface area contributed by atoms with Crippen molar-refractivity contribution in [2.45, 2.75) is 96.2 Å². The Hall–Kier alpha value is -2.97. The summed E-state index contributed by atoms with van der Waals surface area (Å²) < 4.78 is 0. The van der Waals surface area contributed by atoms with Crippen molar-refractivity contribution < 1.29 is 0 Å². The Bertz CT molecular complexity index is 1100. The number of hydrogen-bond acceptors (Lipinski definition) is 5. The van der Waals surface area contributed by atoms with Crippen LogP contribution < -0.4 is 11.1 Å². The van der Waals surface area contributed by atoms with Crippen molar-refractivity contribution in [3.05, 3.63) is 65.4 Å². The smallest absolute Gasteiger partial charge is 0.0998 e. The predicted octanol–water partition coefficient (Wildman–Crippen LogP) is 6.74. The lowest BCUT2D eigenvalue weighted by Crippen LogP contribution is -2.57. The summed E-state index contributed by atoms with van der Waals surface area (Å²) in [7, 11) is 1.76. The molecule has 37 heavy (non-hydrogen) atoms. The second kappa shape index (κ2) is 12.5. The van der Waals surface area contributed by atoms with E-state index in [1.165, 1.54) is 19.3 Å². The fourth-order valence-corrected chi connectivity index (χ4v) is 6.27. The number of rotatable bonds is 8. The molecule has 5 nitrogen and oxygen atoms in total. The molecule has 1 saturated heterocycles. The third kappa shape index (κ3) is 8.27. The van der Waals surface area contributed by atoms with Gasteiger partial charge in [-0.2, -0.15) is 5.26 Å². The molecule has 3 N–H and O–H groups in total. The highest BCUT2D eigenvalue weighted by atomic mass is 15.0. The van der Waals surface area contributed by atoms with Gasteiger partial charge in [-0.05, 0) is 83.4 Å². The van der Waals surface area contributed by atoms with Crippen LogP contribution in [0.5, 0.6) is 0 Å². The van der Waals surface area contributed by atoms with Gasteiger partial charge in [-0.1, -0.05) is 49.6 Å². The first-order valence-electron chi connectivity index (χ1n) is 13.7. The molecule has 5 heteroatoms. The molecule has 0 atom stereocenters. The van der Waals surface area contributed by atoms with E-state index in [4.69, 9.17) is 10.7 Å². The van der Waals surface area contributed by atoms with E-state index in [0.29, 0.717) is 17.5 Å². The van der Waals surface area contributed by atoms with Crippen LogP contribution in [0.4, 0.5) is 0 Å². The second-order valence-electron chi connectivity index (χ2n) is 12.0. The second-order valence-corrected chi connectivity index (χ2v) is 12.0. The van der Waals surface area contributed by atoms with E-state index >= 15 is 0 Å². The van der Waals surface area contributed by atoms with Crippen LogP contribution in [-0.2, 0) is 0 Å². The van der Waals surface area contributed by atoms with Crippen molar-refractivity contribution in [1.29, 1.82) is 5.26 Å². The molecule has 2 fully saturated rings. The highest BCUT2D eigenvalue weighted by Crippen LogP contribution is 2.36. The van der Waals surface area contributed by atoms with Gasteiger partial charge in [-0.25, -0.2) is 0 Å². The largest absolute Gasteiger partial charge is 0.404 e. The molecule has 1 aliphatic heterocycles. The molecule has 3 rings (SSSR count). The summed E-state index contributed by atoms with van der Waals surface area (Å²) in [6.07, 6.45) is 16.7. The number of aliphatic imine (C=N–C) groups is 2. The molecule has 2 aliphatic rings. The maximum absolute atomic E-state index is 9.93. The van der Waals surface area contributed by atoms with Gasteiger partial charge < -0.3 is 11.1 Å². The molecule has 0 radical (unpaired) electrons. The minimum Gasteiger partial charge on any atom is -0.404 e. The van der Waals surface area contributed by atoms with E-state index in [1.807, 2.05) is 30.5 Å². The monoisotopic (exact) mass is 499 g/mol. The lowest BCUT2D eigenvalue weighted by molar-refractivity contribution is 0.129. The summed E-state index contributed by atoms with van der Waals surface area (Å²) in [6, 6.07) is 8.56. The van der Waals surface area contributed by atoms with Gasteiger partial charge in [0.05, 0.1) is 17.3 Å². The fraction of sp³-hybridized carbons (Fsp3) is 0.531. The molecule has 0 aromatic heterocycles. The Kier molecular flexibility index (Phi) is 9.68. The van der Waals surface area contributed by atoms with Gasteiger partial charge in [0.1, 0.15) is 0 Å². The molecular formula is C32H45N5. The standard InChI is InChI=1S/C32H45N5/c1-23(16-24-18-31(2,3)37-32(4,5)19-24)12-15-30(35-6)29-14-13-25(17-26(29)20-33)27(21-34)22-36-28-10-8-7-9-11-28/h12-15,17,21-22,24,28,37H,1,7-11,16,18-19,34H2,2-6H3/b15-12-,27-21?,35-30?,36-22?. The number of allylic oxidation sites excluding steroid dienone is 4. The van der Waals surface area contributed by atoms with Crippen molar-refractivity contribution in [3.63, 3.8) is 0 Å². The van der Waals surface area contributed by atoms with E-state index in [-0.39, 0.29) is 11.1 Å². The highest BCUT2D eigenvalue weighted by Gasteiger charge is 2.37. The summed E-state index contributed by atoms with van der Waals surface area (Å²) in [5.41, 5.74) is 11.1. The van der Waals surface area contributed by atoms with Crippen molar-refractivity contribution >= 4 is 17.5 Å². The van der Waals surface area contributed by atoms with Crippen LogP contribution in [0.15, 0.2) is 58.7 Å². The van der Waals surface area contributed by atoms with Crippen LogP contribution in [0.25, 0.3) is 5.57 Å². The Balaban J connectivity index is 1.72. The van der Waals surface area contributed by atoms with Gasteiger partial charge in [0.25, 0.3) is 0 Å². The number of benzene rings is 1. The van der Waals surface area contributed by atoms with Crippen LogP contribution in [0.3, 0.4) is 0 Å². The minimum atomic E-state index is 0.119. The Morgan fingerprint density at radius 1 is 1.14 bits per heavy atom. The predicted molar refractivity (Wildman–Crippen MR) is 158 cm³/mol.